The van der Waals surface area contributed by atoms with Crippen molar-refractivity contribution < 1.29 is 9.47 Å². The molecule has 0 spiro atoms. The van der Waals surface area contributed by atoms with E-state index in [1.807, 2.05) is 6.92 Å². The zero-order chi connectivity index (χ0) is 11.5. The summed E-state index contributed by atoms with van der Waals surface area (Å²) in [4.78, 5) is 0. The van der Waals surface area contributed by atoms with Crippen LogP contribution in [0, 0.1) is 5.92 Å². The summed E-state index contributed by atoms with van der Waals surface area (Å²) in [6.45, 7) is 12.9. The van der Waals surface area contributed by atoms with Gasteiger partial charge in [0.25, 0.3) is 0 Å². The molecule has 0 heterocycles. The van der Waals surface area contributed by atoms with Gasteiger partial charge in [0.05, 0.1) is 12.7 Å². The highest BCUT2D eigenvalue weighted by molar-refractivity contribution is 4.55. The minimum Gasteiger partial charge on any atom is -0.382 e. The number of hydrogen-bond acceptors (Lipinski definition) is 3. The Hall–Kier alpha value is -0.120. The lowest BCUT2D eigenvalue weighted by Crippen LogP contribution is -2.25. The first-order chi connectivity index (χ1) is 7.18. The van der Waals surface area contributed by atoms with Crippen LogP contribution >= 0.6 is 0 Å². The first-order valence-corrected chi connectivity index (χ1v) is 6.08. The minimum atomic E-state index is 0.357. The maximum Gasteiger partial charge on any atom is 0.0594 e. The zero-order valence-electron chi connectivity index (χ0n) is 10.7. The second-order valence-corrected chi connectivity index (χ2v) is 4.12. The monoisotopic (exact) mass is 217 g/mol. The lowest BCUT2D eigenvalue weighted by molar-refractivity contribution is 0.0372. The van der Waals surface area contributed by atoms with Gasteiger partial charge in [0.2, 0.25) is 0 Å². The van der Waals surface area contributed by atoms with Crippen LogP contribution < -0.4 is 5.32 Å². The highest BCUT2D eigenvalue weighted by atomic mass is 16.5. The molecule has 0 radical (unpaired) electrons. The maximum atomic E-state index is 5.64. The van der Waals surface area contributed by atoms with Crippen LogP contribution in [0.15, 0.2) is 0 Å². The van der Waals surface area contributed by atoms with Gasteiger partial charge in [-0.05, 0) is 32.7 Å². The summed E-state index contributed by atoms with van der Waals surface area (Å²) in [5, 5.41) is 3.33. The van der Waals surface area contributed by atoms with Gasteiger partial charge in [-0.3, -0.25) is 0 Å². The maximum absolute atomic E-state index is 5.64. The van der Waals surface area contributed by atoms with Gasteiger partial charge in [-0.15, -0.1) is 0 Å². The molecule has 0 aromatic carbocycles. The molecule has 3 heteroatoms. The molecule has 92 valence electrons. The first-order valence-electron chi connectivity index (χ1n) is 6.08. The zero-order valence-corrected chi connectivity index (χ0v) is 10.7. The summed E-state index contributed by atoms with van der Waals surface area (Å²) < 4.78 is 10.9. The Bertz CT molecular complexity index is 129. The van der Waals surface area contributed by atoms with Gasteiger partial charge in [-0.2, -0.15) is 0 Å². The van der Waals surface area contributed by atoms with Crippen molar-refractivity contribution in [2.45, 2.75) is 40.2 Å². The van der Waals surface area contributed by atoms with Crippen LogP contribution in [0.25, 0.3) is 0 Å². The molecule has 0 rings (SSSR count). The highest BCUT2D eigenvalue weighted by Gasteiger charge is 2.05. The van der Waals surface area contributed by atoms with Crippen LogP contribution in [0.1, 0.15) is 34.1 Å². The molecule has 15 heavy (non-hydrogen) atoms. The molecule has 1 unspecified atom stereocenters. The van der Waals surface area contributed by atoms with E-state index in [0.29, 0.717) is 12.0 Å². The third-order valence-corrected chi connectivity index (χ3v) is 2.44. The largest absolute Gasteiger partial charge is 0.382 e. The third kappa shape index (κ3) is 10.2. The molecule has 0 aliphatic heterocycles. The summed E-state index contributed by atoms with van der Waals surface area (Å²) in [7, 11) is 0. The SMILES string of the molecule is CCOCCCNCCOC(C)C(C)C. The van der Waals surface area contributed by atoms with E-state index in [2.05, 4.69) is 26.1 Å². The van der Waals surface area contributed by atoms with Gasteiger partial charge >= 0.3 is 0 Å². The summed E-state index contributed by atoms with van der Waals surface area (Å²) >= 11 is 0. The Labute approximate surface area is 94.5 Å². The average Bonchev–Trinajstić information content (AvgIpc) is 2.21. The summed E-state index contributed by atoms with van der Waals surface area (Å²) in [6, 6.07) is 0. The van der Waals surface area contributed by atoms with E-state index in [-0.39, 0.29) is 0 Å². The van der Waals surface area contributed by atoms with Gasteiger partial charge in [0.1, 0.15) is 0 Å². The predicted molar refractivity (Wildman–Crippen MR) is 64.2 cm³/mol. The number of hydrogen-bond donors (Lipinski definition) is 1. The van der Waals surface area contributed by atoms with Crippen LogP contribution in [0.3, 0.4) is 0 Å². The molecule has 0 aromatic heterocycles. The summed E-state index contributed by atoms with van der Waals surface area (Å²) in [5.41, 5.74) is 0. The summed E-state index contributed by atoms with van der Waals surface area (Å²) in [6.07, 6.45) is 1.43. The molecule has 0 saturated carbocycles. The Morgan fingerprint density at radius 2 is 1.80 bits per heavy atom. The van der Waals surface area contributed by atoms with Crippen LogP contribution in [0.5, 0.6) is 0 Å². The standard InChI is InChI=1S/C12H27NO2/c1-5-14-9-6-7-13-8-10-15-12(4)11(2)3/h11-13H,5-10H2,1-4H3. The van der Waals surface area contributed by atoms with E-state index in [9.17, 15) is 0 Å². The van der Waals surface area contributed by atoms with Crippen molar-refractivity contribution in [2.24, 2.45) is 5.92 Å². The van der Waals surface area contributed by atoms with Crippen LogP contribution in [-0.2, 0) is 9.47 Å². The molecule has 1 N–H and O–H groups in total. The van der Waals surface area contributed by atoms with E-state index < -0.39 is 0 Å². The molecule has 0 aromatic rings. The van der Waals surface area contributed by atoms with Gasteiger partial charge in [0.15, 0.2) is 0 Å². The van der Waals surface area contributed by atoms with Crippen molar-refractivity contribution in [3.63, 3.8) is 0 Å². The van der Waals surface area contributed by atoms with Crippen molar-refractivity contribution in [1.29, 1.82) is 0 Å². The highest BCUT2D eigenvalue weighted by Crippen LogP contribution is 2.03. The van der Waals surface area contributed by atoms with Crippen molar-refractivity contribution in [3.05, 3.63) is 0 Å². The van der Waals surface area contributed by atoms with Gasteiger partial charge in [-0.25, -0.2) is 0 Å². The van der Waals surface area contributed by atoms with E-state index >= 15 is 0 Å². The molecule has 1 atom stereocenters. The molecular formula is C12H27NO2. The summed E-state index contributed by atoms with van der Waals surface area (Å²) in [5.74, 6) is 0.600. The lowest BCUT2D eigenvalue weighted by Gasteiger charge is -2.16. The molecule has 0 aliphatic carbocycles. The molecule has 0 fully saturated rings. The van der Waals surface area contributed by atoms with Crippen molar-refractivity contribution in [3.8, 4) is 0 Å². The van der Waals surface area contributed by atoms with E-state index in [4.69, 9.17) is 9.47 Å². The number of rotatable bonds is 10. The lowest BCUT2D eigenvalue weighted by atomic mass is 10.1. The molecular weight excluding hydrogens is 190 g/mol. The molecule has 0 amide bonds. The van der Waals surface area contributed by atoms with Crippen molar-refractivity contribution in [1.82, 2.24) is 5.32 Å². The van der Waals surface area contributed by atoms with Gasteiger partial charge < -0.3 is 14.8 Å². The Kier molecular flexibility index (Phi) is 10.3. The van der Waals surface area contributed by atoms with E-state index in [1.54, 1.807) is 0 Å². The van der Waals surface area contributed by atoms with Crippen LogP contribution in [0.2, 0.25) is 0 Å². The fourth-order valence-electron chi connectivity index (χ4n) is 1.08. The Morgan fingerprint density at radius 3 is 2.40 bits per heavy atom. The molecule has 0 aliphatic rings. The Balaban J connectivity index is 3.05. The average molecular weight is 217 g/mol. The van der Waals surface area contributed by atoms with E-state index in [0.717, 1.165) is 39.3 Å². The molecule has 0 bridgehead atoms. The van der Waals surface area contributed by atoms with Gasteiger partial charge in [-0.1, -0.05) is 13.8 Å². The van der Waals surface area contributed by atoms with Crippen LogP contribution in [-0.4, -0.2) is 39.0 Å². The fourth-order valence-corrected chi connectivity index (χ4v) is 1.08. The first kappa shape index (κ1) is 14.9. The third-order valence-electron chi connectivity index (χ3n) is 2.44. The smallest absolute Gasteiger partial charge is 0.0594 e. The topological polar surface area (TPSA) is 30.5 Å². The van der Waals surface area contributed by atoms with E-state index in [1.165, 1.54) is 0 Å². The minimum absolute atomic E-state index is 0.357. The van der Waals surface area contributed by atoms with Crippen LogP contribution in [0.4, 0.5) is 0 Å². The fraction of sp³-hybridized carbons (Fsp3) is 1.00. The second-order valence-electron chi connectivity index (χ2n) is 4.12. The number of nitrogens with one attached hydrogen (secondary N) is 1. The normalized spacial score (nSPS) is 13.4. The second kappa shape index (κ2) is 10.4. The Morgan fingerprint density at radius 1 is 1.07 bits per heavy atom. The molecule has 3 nitrogen and oxygen atoms in total. The van der Waals surface area contributed by atoms with Crippen molar-refractivity contribution >= 4 is 0 Å². The van der Waals surface area contributed by atoms with Crippen molar-refractivity contribution in [2.75, 3.05) is 32.9 Å². The quantitative estimate of drug-likeness (QED) is 0.568. The molecule has 0 saturated heterocycles. The van der Waals surface area contributed by atoms with Gasteiger partial charge in [0, 0.05) is 19.8 Å². The predicted octanol–water partition coefficient (Wildman–Crippen LogP) is 2.06. The number of ether oxygens (including phenoxy) is 2.